The highest BCUT2D eigenvalue weighted by atomic mass is 79.9. The molecule has 5 heteroatoms. The Kier molecular flexibility index (Phi) is 4.57. The predicted octanol–water partition coefficient (Wildman–Crippen LogP) is 1.14. The summed E-state index contributed by atoms with van der Waals surface area (Å²) in [6.07, 6.45) is 3.62. The Morgan fingerprint density at radius 1 is 1.71 bits per heavy atom. The third-order valence-corrected chi connectivity index (χ3v) is 4.22. The molecule has 0 aromatic carbocycles. The number of piperidine rings is 1. The largest absolute Gasteiger partial charge is 0.338 e. The zero-order valence-electron chi connectivity index (χ0n) is 8.53. The quantitative estimate of drug-likeness (QED) is 0.728. The predicted molar refractivity (Wildman–Crippen MR) is 62.1 cm³/mol. The number of amides is 1. The van der Waals surface area contributed by atoms with E-state index in [9.17, 15) is 9.00 Å². The first kappa shape index (κ1) is 12.2. The lowest BCUT2D eigenvalue weighted by Crippen LogP contribution is -2.48. The van der Waals surface area contributed by atoms with Crippen molar-refractivity contribution < 1.29 is 9.00 Å². The van der Waals surface area contributed by atoms with Crippen LogP contribution in [0.15, 0.2) is 0 Å². The van der Waals surface area contributed by atoms with Crippen LogP contribution >= 0.6 is 15.9 Å². The fourth-order valence-corrected chi connectivity index (χ4v) is 3.17. The van der Waals surface area contributed by atoms with Gasteiger partial charge in [-0.25, -0.2) is 0 Å². The molecule has 0 spiro atoms. The van der Waals surface area contributed by atoms with Crippen molar-refractivity contribution in [1.29, 1.82) is 0 Å². The molecule has 1 fully saturated rings. The summed E-state index contributed by atoms with van der Waals surface area (Å²) < 4.78 is 11.0. The summed E-state index contributed by atoms with van der Waals surface area (Å²) in [4.78, 5) is 13.5. The smallest absolute Gasteiger partial charge is 0.236 e. The normalized spacial score (nSPS) is 27.5. The van der Waals surface area contributed by atoms with Gasteiger partial charge in [-0.05, 0) is 19.8 Å². The summed E-state index contributed by atoms with van der Waals surface area (Å²) in [5, 5.41) is 0. The first-order chi connectivity index (χ1) is 6.52. The molecule has 0 N–H and O–H groups in total. The molecule has 0 aromatic rings. The summed E-state index contributed by atoms with van der Waals surface area (Å²) in [6.45, 7) is 2.77. The zero-order chi connectivity index (χ0) is 10.7. The number of carbonyl (C=O) groups excluding carboxylic acids is 1. The minimum Gasteiger partial charge on any atom is -0.338 e. The van der Waals surface area contributed by atoms with Crippen LogP contribution in [0.1, 0.15) is 19.8 Å². The van der Waals surface area contributed by atoms with Crippen LogP contribution in [-0.4, -0.2) is 44.4 Å². The molecule has 3 nitrogen and oxygen atoms in total. The molecule has 1 saturated heterocycles. The van der Waals surface area contributed by atoms with Gasteiger partial charge in [0.15, 0.2) is 0 Å². The van der Waals surface area contributed by atoms with Gasteiger partial charge in [-0.15, -0.1) is 0 Å². The van der Waals surface area contributed by atoms with E-state index < -0.39 is 10.8 Å². The summed E-state index contributed by atoms with van der Waals surface area (Å²) in [7, 11) is -0.833. The van der Waals surface area contributed by atoms with E-state index in [0.717, 1.165) is 19.4 Å². The van der Waals surface area contributed by atoms with Crippen molar-refractivity contribution in [2.24, 2.45) is 0 Å². The lowest BCUT2D eigenvalue weighted by Gasteiger charge is -2.34. The maximum atomic E-state index is 11.7. The second-order valence-corrected chi connectivity index (χ2v) is 6.32. The van der Waals surface area contributed by atoms with Crippen LogP contribution in [0.2, 0.25) is 0 Å². The van der Waals surface area contributed by atoms with E-state index in [4.69, 9.17) is 0 Å². The van der Waals surface area contributed by atoms with E-state index in [-0.39, 0.29) is 16.8 Å². The highest BCUT2D eigenvalue weighted by Crippen LogP contribution is 2.20. The SMILES string of the molecule is CC(CS(C)=O)N1CCCC(Br)C1=O. The molecule has 1 amide bonds. The van der Waals surface area contributed by atoms with Gasteiger partial charge in [0.2, 0.25) is 5.91 Å². The van der Waals surface area contributed by atoms with Crippen molar-refractivity contribution in [2.45, 2.75) is 30.6 Å². The van der Waals surface area contributed by atoms with Crippen molar-refractivity contribution in [3.8, 4) is 0 Å². The van der Waals surface area contributed by atoms with Crippen LogP contribution in [0.5, 0.6) is 0 Å². The molecule has 14 heavy (non-hydrogen) atoms. The molecule has 0 radical (unpaired) electrons. The first-order valence-corrected chi connectivity index (χ1v) is 7.41. The van der Waals surface area contributed by atoms with E-state index in [1.165, 1.54) is 0 Å². The Labute approximate surface area is 95.8 Å². The standard InChI is InChI=1S/C9H16BrNO2S/c1-7(6-14(2)13)11-5-3-4-8(10)9(11)12/h7-8H,3-6H2,1-2H3. The van der Waals surface area contributed by atoms with Gasteiger partial charge in [0.05, 0.1) is 4.83 Å². The van der Waals surface area contributed by atoms with Crippen molar-refractivity contribution in [3.05, 3.63) is 0 Å². The maximum absolute atomic E-state index is 11.7. The molecule has 3 atom stereocenters. The minimum atomic E-state index is -0.833. The van der Waals surface area contributed by atoms with Gasteiger partial charge in [-0.1, -0.05) is 15.9 Å². The van der Waals surface area contributed by atoms with Crippen molar-refractivity contribution in [1.82, 2.24) is 4.90 Å². The lowest BCUT2D eigenvalue weighted by atomic mass is 10.1. The van der Waals surface area contributed by atoms with Gasteiger partial charge in [0.1, 0.15) is 0 Å². The molecular formula is C9H16BrNO2S. The minimum absolute atomic E-state index is 0.0380. The van der Waals surface area contributed by atoms with Gasteiger partial charge in [-0.2, -0.15) is 0 Å². The summed E-state index contributed by atoms with van der Waals surface area (Å²) >= 11 is 3.36. The third kappa shape index (κ3) is 3.05. The molecule has 82 valence electrons. The van der Waals surface area contributed by atoms with E-state index >= 15 is 0 Å². The molecular weight excluding hydrogens is 266 g/mol. The number of hydrogen-bond acceptors (Lipinski definition) is 2. The van der Waals surface area contributed by atoms with Gasteiger partial charge in [0.25, 0.3) is 0 Å². The van der Waals surface area contributed by atoms with Crippen LogP contribution in [0.25, 0.3) is 0 Å². The first-order valence-electron chi connectivity index (χ1n) is 4.77. The van der Waals surface area contributed by atoms with Crippen LogP contribution in [0.3, 0.4) is 0 Å². The third-order valence-electron chi connectivity index (χ3n) is 2.42. The number of halogens is 1. The van der Waals surface area contributed by atoms with Crippen LogP contribution in [0, 0.1) is 0 Å². The molecule has 0 bridgehead atoms. The monoisotopic (exact) mass is 281 g/mol. The number of rotatable bonds is 3. The maximum Gasteiger partial charge on any atom is 0.236 e. The molecule has 1 rings (SSSR count). The summed E-state index contributed by atoms with van der Waals surface area (Å²) in [5.74, 6) is 0.722. The fourth-order valence-electron chi connectivity index (χ4n) is 1.72. The van der Waals surface area contributed by atoms with Gasteiger partial charge >= 0.3 is 0 Å². The van der Waals surface area contributed by atoms with Gasteiger partial charge < -0.3 is 4.90 Å². The summed E-state index contributed by atoms with van der Waals surface area (Å²) in [6, 6.07) is 0.0914. The molecule has 1 aliphatic rings. The summed E-state index contributed by atoms with van der Waals surface area (Å²) in [5.41, 5.74) is 0. The van der Waals surface area contributed by atoms with Gasteiger partial charge in [-0.3, -0.25) is 9.00 Å². The van der Waals surface area contributed by atoms with Crippen LogP contribution < -0.4 is 0 Å². The number of nitrogens with zero attached hydrogens (tertiary/aromatic N) is 1. The topological polar surface area (TPSA) is 37.4 Å². The Hall–Kier alpha value is 0.1000. The van der Waals surface area contributed by atoms with E-state index in [1.54, 1.807) is 6.26 Å². The van der Waals surface area contributed by atoms with E-state index in [2.05, 4.69) is 15.9 Å². The Morgan fingerprint density at radius 3 is 2.93 bits per heavy atom. The Bertz CT molecular complexity index is 247. The molecule has 0 aromatic heterocycles. The van der Waals surface area contributed by atoms with Crippen molar-refractivity contribution >= 4 is 32.6 Å². The molecule has 0 aliphatic carbocycles. The molecule has 0 saturated carbocycles. The molecule has 1 aliphatic heterocycles. The highest BCUT2D eigenvalue weighted by molar-refractivity contribution is 9.10. The molecule has 1 heterocycles. The lowest BCUT2D eigenvalue weighted by molar-refractivity contribution is -0.134. The van der Waals surface area contributed by atoms with E-state index in [1.807, 2.05) is 11.8 Å². The second kappa shape index (κ2) is 5.26. The van der Waals surface area contributed by atoms with Crippen LogP contribution in [-0.2, 0) is 15.6 Å². The highest BCUT2D eigenvalue weighted by Gasteiger charge is 2.29. The second-order valence-electron chi connectivity index (χ2n) is 3.73. The average molecular weight is 282 g/mol. The Morgan fingerprint density at radius 2 is 2.36 bits per heavy atom. The number of alkyl halides is 1. The van der Waals surface area contributed by atoms with Crippen molar-refractivity contribution in [2.75, 3.05) is 18.6 Å². The van der Waals surface area contributed by atoms with E-state index in [0.29, 0.717) is 5.75 Å². The number of carbonyl (C=O) groups is 1. The number of hydrogen-bond donors (Lipinski definition) is 0. The number of likely N-dealkylation sites (tertiary alicyclic amines) is 1. The zero-order valence-corrected chi connectivity index (χ0v) is 10.9. The van der Waals surface area contributed by atoms with Crippen LogP contribution in [0.4, 0.5) is 0 Å². The molecule has 3 unspecified atom stereocenters. The average Bonchev–Trinajstić information content (AvgIpc) is 2.08. The van der Waals surface area contributed by atoms with Gasteiger partial charge in [0, 0.05) is 35.4 Å². The Balaban J connectivity index is 2.57. The fraction of sp³-hybridized carbons (Fsp3) is 0.889. The van der Waals surface area contributed by atoms with Crippen molar-refractivity contribution in [3.63, 3.8) is 0 Å².